The number of fused-ring (bicyclic) bond motifs is 2. The van der Waals surface area contributed by atoms with Crippen LogP contribution in [0, 0.1) is 0 Å². The summed E-state index contributed by atoms with van der Waals surface area (Å²) in [6.07, 6.45) is 10.3. The second kappa shape index (κ2) is 8.22. The normalized spacial score (nSPS) is 11.1. The molecule has 0 atom stereocenters. The van der Waals surface area contributed by atoms with Gasteiger partial charge in [-0.15, -0.1) is 0 Å². The summed E-state index contributed by atoms with van der Waals surface area (Å²) in [7, 11) is 0. The molecule has 0 N–H and O–H groups in total. The molecule has 0 aliphatic carbocycles. The van der Waals surface area contributed by atoms with Crippen molar-refractivity contribution in [1.82, 2.24) is 29.9 Å². The summed E-state index contributed by atoms with van der Waals surface area (Å²) in [5.74, 6) is -0.119. The molecule has 6 aromatic rings. The van der Waals surface area contributed by atoms with Gasteiger partial charge in [-0.25, -0.2) is 9.97 Å². The molecule has 2 aromatic carbocycles. The van der Waals surface area contributed by atoms with Gasteiger partial charge in [-0.1, -0.05) is 0 Å². The summed E-state index contributed by atoms with van der Waals surface area (Å²) >= 11 is 0. The fourth-order valence-corrected chi connectivity index (χ4v) is 3.78. The van der Waals surface area contributed by atoms with Crippen LogP contribution in [0.1, 0.15) is 15.9 Å². The Morgan fingerprint density at radius 1 is 0.559 bits per heavy atom. The van der Waals surface area contributed by atoms with Gasteiger partial charge < -0.3 is 0 Å². The lowest BCUT2D eigenvalue weighted by molar-refractivity contribution is 0.103. The number of benzene rings is 2. The van der Waals surface area contributed by atoms with Crippen molar-refractivity contribution >= 4 is 27.9 Å². The fraction of sp³-hybridized carbons (Fsp3) is 0. The molecule has 0 amide bonds. The van der Waals surface area contributed by atoms with Crippen LogP contribution < -0.4 is 0 Å². The zero-order valence-electron chi connectivity index (χ0n) is 17.8. The number of nitrogens with zero attached hydrogens (tertiary/aromatic N) is 6. The smallest absolute Gasteiger partial charge is 0.193 e. The number of hydrogen-bond donors (Lipinski definition) is 0. The average molecular weight is 440 g/mol. The number of pyridine rings is 2. The molecule has 0 saturated heterocycles. The largest absolute Gasteiger partial charge is 0.289 e. The minimum absolute atomic E-state index is 0.119. The third-order valence-electron chi connectivity index (χ3n) is 5.52. The van der Waals surface area contributed by atoms with Crippen molar-refractivity contribution in [3.8, 4) is 22.5 Å². The van der Waals surface area contributed by atoms with Crippen LogP contribution in [0.2, 0.25) is 0 Å². The highest BCUT2D eigenvalue weighted by molar-refractivity contribution is 6.11. The van der Waals surface area contributed by atoms with Crippen molar-refractivity contribution in [3.63, 3.8) is 0 Å². The van der Waals surface area contributed by atoms with Crippen LogP contribution in [0.15, 0.2) is 97.8 Å². The van der Waals surface area contributed by atoms with E-state index in [2.05, 4.69) is 19.9 Å². The summed E-state index contributed by atoms with van der Waals surface area (Å²) in [6, 6.07) is 18.2. The maximum Gasteiger partial charge on any atom is 0.193 e. The molecule has 160 valence electrons. The minimum atomic E-state index is -0.119. The van der Waals surface area contributed by atoms with Crippen LogP contribution in [-0.4, -0.2) is 35.7 Å². The minimum Gasteiger partial charge on any atom is -0.289 e. The average Bonchev–Trinajstić information content (AvgIpc) is 2.92. The Morgan fingerprint density at radius 3 is 1.50 bits per heavy atom. The Morgan fingerprint density at radius 2 is 1.06 bits per heavy atom. The van der Waals surface area contributed by atoms with E-state index in [1.54, 1.807) is 61.4 Å². The zero-order chi connectivity index (χ0) is 22.9. The highest BCUT2D eigenvalue weighted by atomic mass is 16.1. The van der Waals surface area contributed by atoms with Crippen molar-refractivity contribution in [1.29, 1.82) is 0 Å². The molecule has 0 saturated carbocycles. The Bertz CT molecular complexity index is 1540. The molecule has 0 unspecified atom stereocenters. The standard InChI is InChI=1S/C27H16N6O/c34-27(17-5-7-21-23(11-17)32-25(15-30-21)19-3-1-9-28-13-19)18-6-8-22-24(12-18)33-26(16-31-22)20-4-2-10-29-14-20/h1-16H. The summed E-state index contributed by atoms with van der Waals surface area (Å²) in [5.41, 5.74) is 6.92. The third-order valence-corrected chi connectivity index (χ3v) is 5.52. The van der Waals surface area contributed by atoms with Crippen molar-refractivity contribution in [2.45, 2.75) is 0 Å². The van der Waals surface area contributed by atoms with Gasteiger partial charge in [0.1, 0.15) is 0 Å². The first-order valence-electron chi connectivity index (χ1n) is 10.6. The van der Waals surface area contributed by atoms with E-state index in [1.807, 2.05) is 36.4 Å². The molecule has 4 aromatic heterocycles. The van der Waals surface area contributed by atoms with E-state index in [0.29, 0.717) is 33.5 Å². The molecular weight excluding hydrogens is 424 g/mol. The molecule has 7 nitrogen and oxygen atoms in total. The second-order valence-electron chi connectivity index (χ2n) is 7.73. The Hall–Kier alpha value is -4.91. The van der Waals surface area contributed by atoms with E-state index >= 15 is 0 Å². The van der Waals surface area contributed by atoms with Crippen LogP contribution in [0.4, 0.5) is 0 Å². The van der Waals surface area contributed by atoms with E-state index in [1.165, 1.54) is 0 Å². The number of carbonyl (C=O) groups is 1. The molecule has 7 heteroatoms. The van der Waals surface area contributed by atoms with Gasteiger partial charge in [-0.05, 0) is 60.7 Å². The van der Waals surface area contributed by atoms with Crippen molar-refractivity contribution in [2.75, 3.05) is 0 Å². The molecule has 0 bridgehead atoms. The van der Waals surface area contributed by atoms with Crippen molar-refractivity contribution in [3.05, 3.63) is 109 Å². The number of carbonyl (C=O) groups excluding carboxylic acids is 1. The van der Waals surface area contributed by atoms with Gasteiger partial charge in [0.2, 0.25) is 0 Å². The highest BCUT2D eigenvalue weighted by Gasteiger charge is 2.13. The van der Waals surface area contributed by atoms with Crippen LogP contribution in [0.25, 0.3) is 44.6 Å². The molecular formula is C27H16N6O. The zero-order valence-corrected chi connectivity index (χ0v) is 17.8. The quantitative estimate of drug-likeness (QED) is 0.359. The molecule has 0 radical (unpaired) electrons. The summed E-state index contributed by atoms with van der Waals surface area (Å²) in [6.45, 7) is 0. The number of rotatable bonds is 4. The highest BCUT2D eigenvalue weighted by Crippen LogP contribution is 2.23. The molecule has 34 heavy (non-hydrogen) atoms. The monoisotopic (exact) mass is 440 g/mol. The van der Waals surface area contributed by atoms with Gasteiger partial charge in [-0.3, -0.25) is 24.7 Å². The van der Waals surface area contributed by atoms with E-state index in [-0.39, 0.29) is 5.78 Å². The first-order valence-corrected chi connectivity index (χ1v) is 10.6. The van der Waals surface area contributed by atoms with Gasteiger partial charge in [0.05, 0.1) is 45.8 Å². The first-order chi connectivity index (χ1) is 16.7. The van der Waals surface area contributed by atoms with Crippen molar-refractivity contribution < 1.29 is 4.79 Å². The van der Waals surface area contributed by atoms with Gasteiger partial charge in [-0.2, -0.15) is 0 Å². The molecule has 0 fully saturated rings. The molecule has 0 aliphatic rings. The lowest BCUT2D eigenvalue weighted by Crippen LogP contribution is -2.02. The van der Waals surface area contributed by atoms with Crippen molar-refractivity contribution in [2.24, 2.45) is 0 Å². The Labute approximate surface area is 194 Å². The van der Waals surface area contributed by atoms with E-state index in [9.17, 15) is 4.79 Å². The van der Waals surface area contributed by atoms with Crippen LogP contribution in [0.3, 0.4) is 0 Å². The van der Waals surface area contributed by atoms with Crippen LogP contribution in [-0.2, 0) is 0 Å². The summed E-state index contributed by atoms with van der Waals surface area (Å²) in [5, 5.41) is 0. The maximum atomic E-state index is 13.3. The van der Waals surface area contributed by atoms with E-state index < -0.39 is 0 Å². The number of aromatic nitrogens is 6. The second-order valence-corrected chi connectivity index (χ2v) is 7.73. The van der Waals surface area contributed by atoms with Gasteiger partial charge in [0.15, 0.2) is 5.78 Å². The van der Waals surface area contributed by atoms with Gasteiger partial charge in [0, 0.05) is 47.0 Å². The SMILES string of the molecule is O=C(c1ccc2ncc(-c3cccnc3)nc2c1)c1ccc2ncc(-c3cccnc3)nc2c1. The van der Waals surface area contributed by atoms with Crippen LogP contribution >= 0.6 is 0 Å². The lowest BCUT2D eigenvalue weighted by Gasteiger charge is -2.07. The number of hydrogen-bond acceptors (Lipinski definition) is 7. The molecule has 0 spiro atoms. The Kier molecular flexibility index (Phi) is 4.77. The molecule has 4 heterocycles. The predicted octanol–water partition coefficient (Wildman–Crippen LogP) is 4.93. The number of ketones is 1. The summed E-state index contributed by atoms with van der Waals surface area (Å²) < 4.78 is 0. The first kappa shape index (κ1) is 19.8. The third kappa shape index (κ3) is 3.65. The van der Waals surface area contributed by atoms with Crippen LogP contribution in [0.5, 0.6) is 0 Å². The van der Waals surface area contributed by atoms with E-state index in [4.69, 9.17) is 9.97 Å². The lowest BCUT2D eigenvalue weighted by atomic mass is 10.0. The summed E-state index contributed by atoms with van der Waals surface area (Å²) in [4.78, 5) is 40.0. The van der Waals surface area contributed by atoms with Gasteiger partial charge >= 0.3 is 0 Å². The predicted molar refractivity (Wildman–Crippen MR) is 129 cm³/mol. The van der Waals surface area contributed by atoms with Gasteiger partial charge in [0.25, 0.3) is 0 Å². The maximum absolute atomic E-state index is 13.3. The topological polar surface area (TPSA) is 94.4 Å². The fourth-order valence-electron chi connectivity index (χ4n) is 3.78. The Balaban J connectivity index is 1.38. The van der Waals surface area contributed by atoms with E-state index in [0.717, 1.165) is 22.2 Å². The molecule has 6 rings (SSSR count). The molecule has 0 aliphatic heterocycles.